The number of imide groups is 1. The van der Waals surface area contributed by atoms with Crippen LogP contribution in [0.1, 0.15) is 46.9 Å². The van der Waals surface area contributed by atoms with Crippen LogP contribution in [0.5, 0.6) is 0 Å². The molecule has 1 aromatic carbocycles. The Hall–Kier alpha value is -2.74. The molecule has 27 heavy (non-hydrogen) atoms. The number of carbonyl (C=O) groups is 4. The fraction of sp³-hybridized carbons (Fsp3) is 0.474. The van der Waals surface area contributed by atoms with Crippen molar-refractivity contribution in [2.24, 2.45) is 5.41 Å². The molecule has 1 aromatic rings. The SMILES string of the molecule is COCCC1(C(=O)ON2C(=O)c3ccccc3C2=O)CCN(C(C)=O)CC1. The van der Waals surface area contributed by atoms with E-state index in [9.17, 15) is 19.2 Å². The fourth-order valence-electron chi connectivity index (χ4n) is 3.53. The normalized spacial score (nSPS) is 18.4. The van der Waals surface area contributed by atoms with Crippen molar-refractivity contribution in [3.05, 3.63) is 35.4 Å². The van der Waals surface area contributed by atoms with Crippen LogP contribution < -0.4 is 0 Å². The number of nitrogens with zero attached hydrogens (tertiary/aromatic N) is 2. The number of ether oxygens (including phenoxy) is 1. The molecule has 144 valence electrons. The van der Waals surface area contributed by atoms with Crippen LogP contribution in [0.3, 0.4) is 0 Å². The number of benzene rings is 1. The highest BCUT2D eigenvalue weighted by molar-refractivity contribution is 6.20. The van der Waals surface area contributed by atoms with Crippen LogP contribution in [0.25, 0.3) is 0 Å². The zero-order valence-corrected chi connectivity index (χ0v) is 15.4. The molecule has 2 heterocycles. The molecule has 3 rings (SSSR count). The van der Waals surface area contributed by atoms with E-state index in [-0.39, 0.29) is 17.0 Å². The third-order valence-electron chi connectivity index (χ3n) is 5.31. The summed E-state index contributed by atoms with van der Waals surface area (Å²) in [4.78, 5) is 56.4. The number of likely N-dealkylation sites (tertiary alicyclic amines) is 1. The Morgan fingerprint density at radius 2 is 1.63 bits per heavy atom. The monoisotopic (exact) mass is 374 g/mol. The predicted molar refractivity (Wildman–Crippen MR) is 93.4 cm³/mol. The van der Waals surface area contributed by atoms with Gasteiger partial charge in [-0.2, -0.15) is 0 Å². The minimum Gasteiger partial charge on any atom is -0.385 e. The van der Waals surface area contributed by atoms with Crippen molar-refractivity contribution in [3.8, 4) is 0 Å². The summed E-state index contributed by atoms with van der Waals surface area (Å²) in [6, 6.07) is 6.34. The molecule has 0 N–H and O–H groups in total. The first-order valence-corrected chi connectivity index (χ1v) is 8.84. The van der Waals surface area contributed by atoms with Crippen LogP contribution in [-0.4, -0.2) is 60.5 Å². The van der Waals surface area contributed by atoms with Crippen LogP contribution in [0, 0.1) is 5.41 Å². The second-order valence-corrected chi connectivity index (χ2v) is 6.86. The summed E-state index contributed by atoms with van der Waals surface area (Å²) < 4.78 is 5.12. The van der Waals surface area contributed by atoms with Gasteiger partial charge in [-0.3, -0.25) is 14.4 Å². The topological polar surface area (TPSA) is 93.2 Å². The summed E-state index contributed by atoms with van der Waals surface area (Å²) in [5.41, 5.74) is -0.475. The van der Waals surface area contributed by atoms with Gasteiger partial charge >= 0.3 is 5.97 Å². The second kappa shape index (κ2) is 7.48. The van der Waals surface area contributed by atoms with Gasteiger partial charge in [-0.15, -0.1) is 0 Å². The van der Waals surface area contributed by atoms with Crippen molar-refractivity contribution in [3.63, 3.8) is 0 Å². The summed E-state index contributed by atoms with van der Waals surface area (Å²) in [5, 5.41) is 0.541. The van der Waals surface area contributed by atoms with E-state index in [1.165, 1.54) is 26.2 Å². The van der Waals surface area contributed by atoms with Crippen LogP contribution in [0.4, 0.5) is 0 Å². The van der Waals surface area contributed by atoms with Crippen molar-refractivity contribution < 1.29 is 28.8 Å². The van der Waals surface area contributed by atoms with Gasteiger partial charge in [0.1, 0.15) is 0 Å². The molecule has 1 fully saturated rings. The zero-order chi connectivity index (χ0) is 19.6. The molecular weight excluding hydrogens is 352 g/mol. The number of hydroxylamine groups is 2. The van der Waals surface area contributed by atoms with Gasteiger partial charge in [0, 0.05) is 33.7 Å². The minimum absolute atomic E-state index is 0.0518. The van der Waals surface area contributed by atoms with E-state index in [2.05, 4.69) is 0 Å². The Morgan fingerprint density at radius 1 is 1.07 bits per heavy atom. The summed E-state index contributed by atoms with van der Waals surface area (Å²) in [6.07, 6.45) is 1.16. The maximum absolute atomic E-state index is 13.0. The maximum atomic E-state index is 13.0. The number of rotatable bonds is 5. The van der Waals surface area contributed by atoms with Crippen LogP contribution in [0.15, 0.2) is 24.3 Å². The van der Waals surface area contributed by atoms with Gasteiger partial charge in [0.15, 0.2) is 0 Å². The van der Waals surface area contributed by atoms with Crippen LogP contribution >= 0.6 is 0 Å². The van der Waals surface area contributed by atoms with E-state index >= 15 is 0 Å². The molecule has 3 amide bonds. The van der Waals surface area contributed by atoms with E-state index in [1.54, 1.807) is 17.0 Å². The first-order chi connectivity index (χ1) is 12.9. The molecular formula is C19H22N2O6. The molecule has 0 saturated carbocycles. The average Bonchev–Trinajstić information content (AvgIpc) is 2.92. The fourth-order valence-corrected chi connectivity index (χ4v) is 3.53. The van der Waals surface area contributed by atoms with Crippen molar-refractivity contribution >= 4 is 23.7 Å². The first kappa shape index (κ1) is 19.0. The first-order valence-electron chi connectivity index (χ1n) is 8.84. The Morgan fingerprint density at radius 3 is 2.11 bits per heavy atom. The Balaban J connectivity index is 1.77. The Labute approximate surface area is 157 Å². The number of hydrogen-bond acceptors (Lipinski definition) is 6. The molecule has 0 aromatic heterocycles. The largest absolute Gasteiger partial charge is 0.385 e. The number of methoxy groups -OCH3 is 1. The summed E-state index contributed by atoms with van der Waals surface area (Å²) in [5.74, 6) is -1.99. The van der Waals surface area contributed by atoms with Crippen LogP contribution in [-0.2, 0) is 19.2 Å². The molecule has 2 aliphatic heterocycles. The molecule has 0 unspecified atom stereocenters. The van der Waals surface area contributed by atoms with Gasteiger partial charge in [-0.1, -0.05) is 17.2 Å². The van der Waals surface area contributed by atoms with Crippen molar-refractivity contribution in [1.29, 1.82) is 0 Å². The van der Waals surface area contributed by atoms with Gasteiger partial charge in [0.25, 0.3) is 11.8 Å². The number of amides is 3. The van der Waals surface area contributed by atoms with E-state index in [1.807, 2.05) is 0 Å². The molecule has 1 saturated heterocycles. The summed E-state index contributed by atoms with van der Waals surface area (Å²) in [7, 11) is 1.54. The molecule has 0 atom stereocenters. The van der Waals surface area contributed by atoms with Crippen molar-refractivity contribution in [2.45, 2.75) is 26.2 Å². The Kier molecular flexibility index (Phi) is 5.27. The third-order valence-corrected chi connectivity index (χ3v) is 5.31. The van der Waals surface area contributed by atoms with E-state index in [0.29, 0.717) is 44.0 Å². The lowest BCUT2D eigenvalue weighted by Gasteiger charge is -2.39. The van der Waals surface area contributed by atoms with Gasteiger partial charge in [0.2, 0.25) is 5.91 Å². The lowest BCUT2D eigenvalue weighted by molar-refractivity contribution is -0.186. The number of fused-ring (bicyclic) bond motifs is 1. The highest BCUT2D eigenvalue weighted by Crippen LogP contribution is 2.37. The highest BCUT2D eigenvalue weighted by Gasteiger charge is 2.47. The lowest BCUT2D eigenvalue weighted by atomic mass is 9.76. The van der Waals surface area contributed by atoms with Crippen molar-refractivity contribution in [1.82, 2.24) is 9.96 Å². The number of hydrogen-bond donors (Lipinski definition) is 0. The van der Waals surface area contributed by atoms with E-state index < -0.39 is 23.2 Å². The summed E-state index contributed by atoms with van der Waals surface area (Å²) >= 11 is 0. The molecule has 0 spiro atoms. The van der Waals surface area contributed by atoms with Gasteiger partial charge < -0.3 is 14.5 Å². The molecule has 0 radical (unpaired) electrons. The molecule has 8 heteroatoms. The van der Waals surface area contributed by atoms with E-state index in [4.69, 9.17) is 9.57 Å². The smallest absolute Gasteiger partial charge is 0.339 e. The van der Waals surface area contributed by atoms with Crippen LogP contribution in [0.2, 0.25) is 0 Å². The molecule has 2 aliphatic rings. The highest BCUT2D eigenvalue weighted by atomic mass is 16.7. The average molecular weight is 374 g/mol. The Bertz CT molecular complexity index is 747. The van der Waals surface area contributed by atoms with Gasteiger partial charge in [-0.25, -0.2) is 4.79 Å². The van der Waals surface area contributed by atoms with E-state index in [0.717, 1.165) is 0 Å². The van der Waals surface area contributed by atoms with Gasteiger partial charge in [-0.05, 0) is 31.4 Å². The zero-order valence-electron chi connectivity index (χ0n) is 15.4. The minimum atomic E-state index is -0.905. The number of piperidine rings is 1. The van der Waals surface area contributed by atoms with Crippen molar-refractivity contribution in [2.75, 3.05) is 26.8 Å². The molecule has 0 aliphatic carbocycles. The van der Waals surface area contributed by atoms with Gasteiger partial charge in [0.05, 0.1) is 16.5 Å². The lowest BCUT2D eigenvalue weighted by Crippen LogP contribution is -2.49. The summed E-state index contributed by atoms with van der Waals surface area (Å²) in [6.45, 7) is 2.64. The predicted octanol–water partition coefficient (Wildman–Crippen LogP) is 1.41. The third kappa shape index (κ3) is 3.44. The quantitative estimate of drug-likeness (QED) is 0.724. The second-order valence-electron chi connectivity index (χ2n) is 6.86. The molecule has 8 nitrogen and oxygen atoms in total. The standard InChI is InChI=1S/C19H22N2O6/c1-13(22)20-10-7-19(8-11-20,9-12-26-2)18(25)27-21-16(23)14-5-3-4-6-15(14)17(21)24/h3-6H,7-12H2,1-2H3. The number of carbonyl (C=O) groups excluding carboxylic acids is 4. The maximum Gasteiger partial charge on any atom is 0.339 e. The molecule has 0 bridgehead atoms.